The molecule has 0 bridgehead atoms. The minimum absolute atomic E-state index is 0.232. The van der Waals surface area contributed by atoms with E-state index in [0.717, 1.165) is 18.8 Å². The van der Waals surface area contributed by atoms with Crippen molar-refractivity contribution in [1.82, 2.24) is 5.32 Å². The van der Waals surface area contributed by atoms with Gasteiger partial charge in [0.2, 0.25) is 0 Å². The molecule has 0 spiro atoms. The quantitative estimate of drug-likeness (QED) is 0.891. The fourth-order valence-corrected chi connectivity index (χ4v) is 3.02. The Labute approximate surface area is 123 Å². The smallest absolute Gasteiger partial charge is 0.119 e. The molecule has 20 heavy (non-hydrogen) atoms. The van der Waals surface area contributed by atoms with Gasteiger partial charge in [-0.1, -0.05) is 6.92 Å². The summed E-state index contributed by atoms with van der Waals surface area (Å²) in [6, 6.07) is 9.79. The molecule has 1 aromatic carbocycles. The van der Waals surface area contributed by atoms with E-state index in [-0.39, 0.29) is 6.10 Å². The topological polar surface area (TPSA) is 24.5 Å². The van der Waals surface area contributed by atoms with Crippen molar-refractivity contribution in [2.75, 3.05) is 18.0 Å². The van der Waals surface area contributed by atoms with E-state index in [0.29, 0.717) is 12.1 Å². The van der Waals surface area contributed by atoms with Crippen LogP contribution in [0.5, 0.6) is 5.75 Å². The first-order valence-corrected chi connectivity index (χ1v) is 7.87. The van der Waals surface area contributed by atoms with Crippen LogP contribution in [0.2, 0.25) is 0 Å². The Morgan fingerprint density at radius 1 is 1.30 bits per heavy atom. The van der Waals surface area contributed by atoms with Gasteiger partial charge in [-0.15, -0.1) is 0 Å². The average Bonchev–Trinajstić information content (AvgIpc) is 2.40. The second-order valence-corrected chi connectivity index (χ2v) is 5.98. The third-order valence-electron chi connectivity index (χ3n) is 3.91. The number of hydrogen-bond acceptors (Lipinski definition) is 3. The highest BCUT2D eigenvalue weighted by Gasteiger charge is 2.24. The van der Waals surface area contributed by atoms with Gasteiger partial charge in [0.1, 0.15) is 5.75 Å². The maximum Gasteiger partial charge on any atom is 0.119 e. The number of piperidine rings is 1. The maximum atomic E-state index is 5.70. The summed E-state index contributed by atoms with van der Waals surface area (Å²) >= 11 is 0. The lowest BCUT2D eigenvalue weighted by atomic mass is 9.97. The van der Waals surface area contributed by atoms with Crippen LogP contribution in [0.25, 0.3) is 0 Å². The SMILES string of the molecule is CCNC1CCN(c2ccc(OC(C)C)cc2)C(C)C1. The number of nitrogens with zero attached hydrogens (tertiary/aromatic N) is 1. The standard InChI is InChI=1S/C17H28N2O/c1-5-18-15-10-11-19(14(4)12-15)16-6-8-17(9-7-16)20-13(2)3/h6-9,13-15,18H,5,10-12H2,1-4H3. The molecule has 0 amide bonds. The lowest BCUT2D eigenvalue weighted by Crippen LogP contribution is -2.47. The molecule has 2 atom stereocenters. The zero-order valence-corrected chi connectivity index (χ0v) is 13.2. The van der Waals surface area contributed by atoms with E-state index in [2.05, 4.69) is 62.2 Å². The third-order valence-corrected chi connectivity index (χ3v) is 3.91. The molecule has 0 aromatic heterocycles. The number of anilines is 1. The first kappa shape index (κ1) is 15.2. The maximum absolute atomic E-state index is 5.70. The van der Waals surface area contributed by atoms with Gasteiger partial charge < -0.3 is 15.0 Å². The molecule has 1 heterocycles. The summed E-state index contributed by atoms with van der Waals surface area (Å²) in [5.74, 6) is 0.957. The van der Waals surface area contributed by atoms with Crippen LogP contribution in [0.1, 0.15) is 40.5 Å². The summed E-state index contributed by atoms with van der Waals surface area (Å²) < 4.78 is 5.70. The van der Waals surface area contributed by atoms with Crippen molar-refractivity contribution in [3.8, 4) is 5.75 Å². The zero-order valence-electron chi connectivity index (χ0n) is 13.2. The molecule has 1 saturated heterocycles. The van der Waals surface area contributed by atoms with E-state index >= 15 is 0 Å². The number of rotatable bonds is 5. The Hall–Kier alpha value is -1.22. The van der Waals surface area contributed by atoms with Gasteiger partial charge in [-0.05, 0) is 64.4 Å². The normalized spacial score (nSPS) is 23.1. The van der Waals surface area contributed by atoms with Crippen LogP contribution in [0.4, 0.5) is 5.69 Å². The largest absolute Gasteiger partial charge is 0.491 e. The first-order chi connectivity index (χ1) is 9.60. The summed E-state index contributed by atoms with van der Waals surface area (Å²) in [5, 5.41) is 3.57. The molecule has 1 aromatic rings. The summed E-state index contributed by atoms with van der Waals surface area (Å²) in [4.78, 5) is 2.51. The van der Waals surface area contributed by atoms with Crippen LogP contribution < -0.4 is 15.0 Å². The molecule has 2 unspecified atom stereocenters. The van der Waals surface area contributed by atoms with Crippen LogP contribution in [-0.2, 0) is 0 Å². The van der Waals surface area contributed by atoms with Crippen molar-refractivity contribution in [1.29, 1.82) is 0 Å². The highest BCUT2D eigenvalue weighted by Crippen LogP contribution is 2.27. The number of ether oxygens (including phenoxy) is 1. The number of hydrogen-bond donors (Lipinski definition) is 1. The van der Waals surface area contributed by atoms with Gasteiger partial charge >= 0.3 is 0 Å². The molecule has 1 fully saturated rings. The van der Waals surface area contributed by atoms with Crippen molar-refractivity contribution in [2.45, 2.75) is 58.7 Å². The predicted octanol–water partition coefficient (Wildman–Crippen LogP) is 3.44. The fourth-order valence-electron chi connectivity index (χ4n) is 3.02. The van der Waals surface area contributed by atoms with E-state index in [4.69, 9.17) is 4.74 Å². The van der Waals surface area contributed by atoms with Gasteiger partial charge in [-0.25, -0.2) is 0 Å². The van der Waals surface area contributed by atoms with Crippen molar-refractivity contribution in [2.24, 2.45) is 0 Å². The minimum atomic E-state index is 0.232. The van der Waals surface area contributed by atoms with E-state index in [9.17, 15) is 0 Å². The van der Waals surface area contributed by atoms with E-state index in [1.807, 2.05) is 0 Å². The molecule has 2 rings (SSSR count). The van der Waals surface area contributed by atoms with E-state index < -0.39 is 0 Å². The van der Waals surface area contributed by atoms with Crippen LogP contribution >= 0.6 is 0 Å². The van der Waals surface area contributed by atoms with Crippen LogP contribution in [0.15, 0.2) is 24.3 Å². The van der Waals surface area contributed by atoms with E-state index in [1.54, 1.807) is 0 Å². The first-order valence-electron chi connectivity index (χ1n) is 7.87. The summed E-state index contributed by atoms with van der Waals surface area (Å²) in [7, 11) is 0. The Kier molecular flexibility index (Phi) is 5.30. The number of benzene rings is 1. The Bertz CT molecular complexity index is 402. The zero-order chi connectivity index (χ0) is 14.5. The second-order valence-electron chi connectivity index (χ2n) is 5.98. The molecule has 3 nitrogen and oxygen atoms in total. The van der Waals surface area contributed by atoms with Gasteiger partial charge in [-0.3, -0.25) is 0 Å². The summed E-state index contributed by atoms with van der Waals surface area (Å²) in [5.41, 5.74) is 1.31. The van der Waals surface area contributed by atoms with Crippen LogP contribution in [-0.4, -0.2) is 31.3 Å². The molecule has 3 heteroatoms. The molecule has 112 valence electrons. The Morgan fingerprint density at radius 2 is 2.00 bits per heavy atom. The molecular formula is C17H28N2O. The minimum Gasteiger partial charge on any atom is -0.491 e. The predicted molar refractivity (Wildman–Crippen MR) is 85.7 cm³/mol. The highest BCUT2D eigenvalue weighted by atomic mass is 16.5. The second kappa shape index (κ2) is 6.98. The van der Waals surface area contributed by atoms with Gasteiger partial charge in [0.05, 0.1) is 6.10 Å². The van der Waals surface area contributed by atoms with Gasteiger partial charge in [0, 0.05) is 24.3 Å². The summed E-state index contributed by atoms with van der Waals surface area (Å²) in [6.07, 6.45) is 2.68. The third kappa shape index (κ3) is 3.89. The molecule has 0 saturated carbocycles. The lowest BCUT2D eigenvalue weighted by molar-refractivity contribution is 0.242. The van der Waals surface area contributed by atoms with Crippen molar-refractivity contribution < 1.29 is 4.74 Å². The number of nitrogens with one attached hydrogen (secondary N) is 1. The molecule has 0 aliphatic carbocycles. The molecule has 0 radical (unpaired) electrons. The molecule has 1 N–H and O–H groups in total. The Balaban J connectivity index is 1.98. The van der Waals surface area contributed by atoms with Gasteiger partial charge in [0.15, 0.2) is 0 Å². The fraction of sp³-hybridized carbons (Fsp3) is 0.647. The molecular weight excluding hydrogens is 248 g/mol. The monoisotopic (exact) mass is 276 g/mol. The molecule has 1 aliphatic rings. The average molecular weight is 276 g/mol. The van der Waals surface area contributed by atoms with E-state index in [1.165, 1.54) is 18.5 Å². The summed E-state index contributed by atoms with van der Waals surface area (Å²) in [6.45, 7) is 10.8. The van der Waals surface area contributed by atoms with Crippen molar-refractivity contribution >= 4 is 5.69 Å². The Morgan fingerprint density at radius 3 is 2.55 bits per heavy atom. The van der Waals surface area contributed by atoms with Crippen LogP contribution in [0, 0.1) is 0 Å². The molecule has 1 aliphatic heterocycles. The van der Waals surface area contributed by atoms with Gasteiger partial charge in [0.25, 0.3) is 0 Å². The van der Waals surface area contributed by atoms with Crippen molar-refractivity contribution in [3.63, 3.8) is 0 Å². The highest BCUT2D eigenvalue weighted by molar-refractivity contribution is 5.50. The van der Waals surface area contributed by atoms with Crippen LogP contribution in [0.3, 0.4) is 0 Å². The van der Waals surface area contributed by atoms with Crippen molar-refractivity contribution in [3.05, 3.63) is 24.3 Å². The lowest BCUT2D eigenvalue weighted by Gasteiger charge is -2.39. The van der Waals surface area contributed by atoms with Gasteiger partial charge in [-0.2, -0.15) is 0 Å².